The highest BCUT2D eigenvalue weighted by Gasteiger charge is 2.42. The Morgan fingerprint density at radius 3 is 1.66 bits per heavy atom. The average Bonchev–Trinajstić information content (AvgIpc) is 2.70. The molecule has 8 heteroatoms. The molecule has 0 heterocycles. The van der Waals surface area contributed by atoms with Crippen molar-refractivity contribution in [1.82, 2.24) is 5.32 Å². The second-order valence-corrected chi connectivity index (χ2v) is 7.68. The molecule has 0 fully saturated rings. The van der Waals surface area contributed by atoms with Gasteiger partial charge in [0.1, 0.15) is 6.04 Å². The molecule has 0 aliphatic rings. The van der Waals surface area contributed by atoms with E-state index in [1.54, 1.807) is 12.1 Å². The maximum atomic E-state index is 12.7. The zero-order valence-electron chi connectivity index (χ0n) is 17.9. The van der Waals surface area contributed by atoms with Crippen molar-refractivity contribution in [3.05, 3.63) is 35.4 Å². The van der Waals surface area contributed by atoms with E-state index in [0.29, 0.717) is 5.56 Å². The van der Waals surface area contributed by atoms with E-state index in [4.69, 9.17) is 4.74 Å². The monoisotopic (exact) mass is 407 g/mol. The Morgan fingerprint density at radius 2 is 1.28 bits per heavy atom. The molecule has 1 rings (SSSR count). The fraction of sp³-hybridized carbons (Fsp3) is 0.524. The highest BCUT2D eigenvalue weighted by molar-refractivity contribution is 5.99. The summed E-state index contributed by atoms with van der Waals surface area (Å²) < 4.78 is 14.1. The van der Waals surface area contributed by atoms with Crippen molar-refractivity contribution in [3.8, 4) is 0 Å². The average molecular weight is 407 g/mol. The van der Waals surface area contributed by atoms with Crippen LogP contribution in [0, 0.1) is 11.8 Å². The van der Waals surface area contributed by atoms with Gasteiger partial charge in [-0.2, -0.15) is 0 Å². The summed E-state index contributed by atoms with van der Waals surface area (Å²) in [7, 11) is 3.39. The highest BCUT2D eigenvalue weighted by Crippen LogP contribution is 2.23. The smallest absolute Gasteiger partial charge is 0.328 e. The molecule has 1 N–H and O–H groups in total. The lowest BCUT2D eigenvalue weighted by Crippen LogP contribution is -2.51. The van der Waals surface area contributed by atoms with Gasteiger partial charge in [0.25, 0.3) is 5.91 Å². The number of hydrogen-bond donors (Lipinski definition) is 1. The van der Waals surface area contributed by atoms with Crippen LogP contribution in [0.25, 0.3) is 0 Å². The third-order valence-corrected chi connectivity index (χ3v) is 4.72. The van der Waals surface area contributed by atoms with E-state index in [1.807, 2.05) is 12.1 Å². The van der Waals surface area contributed by atoms with Gasteiger partial charge in [-0.25, -0.2) is 4.79 Å². The largest absolute Gasteiger partial charge is 0.468 e. The Labute approximate surface area is 170 Å². The number of carbonyl (C=O) groups excluding carboxylic acids is 4. The standard InChI is InChI=1S/C21H29NO7/c1-12(15(18(24)27-5)19(25)28-6)16(20(26)29-7)22-17(23)13-8-10-14(11-9-13)21(2,3)4/h8-12,15-16H,1-7H3,(H,22,23)/t12-,16-/m1/s1. The molecule has 2 atom stereocenters. The van der Waals surface area contributed by atoms with Gasteiger partial charge < -0.3 is 19.5 Å². The van der Waals surface area contributed by atoms with Crippen LogP contribution in [0.4, 0.5) is 0 Å². The first-order valence-corrected chi connectivity index (χ1v) is 9.12. The van der Waals surface area contributed by atoms with Gasteiger partial charge in [0, 0.05) is 11.5 Å². The van der Waals surface area contributed by atoms with E-state index >= 15 is 0 Å². The summed E-state index contributed by atoms with van der Waals surface area (Å²) in [4.78, 5) is 49.1. The van der Waals surface area contributed by atoms with Crippen molar-refractivity contribution >= 4 is 23.8 Å². The van der Waals surface area contributed by atoms with Crippen molar-refractivity contribution in [1.29, 1.82) is 0 Å². The van der Waals surface area contributed by atoms with Crippen LogP contribution >= 0.6 is 0 Å². The van der Waals surface area contributed by atoms with E-state index in [-0.39, 0.29) is 5.41 Å². The number of benzene rings is 1. The topological polar surface area (TPSA) is 108 Å². The first-order valence-electron chi connectivity index (χ1n) is 9.12. The number of nitrogens with one attached hydrogen (secondary N) is 1. The van der Waals surface area contributed by atoms with Crippen molar-refractivity contribution in [3.63, 3.8) is 0 Å². The van der Waals surface area contributed by atoms with Crippen LogP contribution in [0.5, 0.6) is 0 Å². The molecule has 0 aromatic heterocycles. The summed E-state index contributed by atoms with van der Waals surface area (Å²) in [6, 6.07) is 5.69. The molecule has 1 aromatic carbocycles. The van der Waals surface area contributed by atoms with E-state index in [9.17, 15) is 19.2 Å². The summed E-state index contributed by atoms with van der Waals surface area (Å²) >= 11 is 0. The van der Waals surface area contributed by atoms with Crippen LogP contribution < -0.4 is 5.32 Å². The predicted molar refractivity (Wildman–Crippen MR) is 105 cm³/mol. The molecule has 1 amide bonds. The van der Waals surface area contributed by atoms with Gasteiger partial charge in [-0.1, -0.05) is 39.8 Å². The number of hydrogen-bond acceptors (Lipinski definition) is 7. The number of ether oxygens (including phenoxy) is 3. The number of esters is 3. The molecule has 0 aliphatic carbocycles. The molecule has 0 aliphatic heterocycles. The van der Waals surface area contributed by atoms with Crippen molar-refractivity contribution in [2.75, 3.05) is 21.3 Å². The van der Waals surface area contributed by atoms with E-state index in [0.717, 1.165) is 26.9 Å². The minimum atomic E-state index is -1.40. The van der Waals surface area contributed by atoms with Gasteiger partial charge in [0.2, 0.25) is 0 Å². The lowest BCUT2D eigenvalue weighted by molar-refractivity contribution is -0.162. The fourth-order valence-corrected chi connectivity index (χ4v) is 2.85. The van der Waals surface area contributed by atoms with Gasteiger partial charge in [0.15, 0.2) is 5.92 Å². The Morgan fingerprint density at radius 1 is 0.828 bits per heavy atom. The summed E-state index contributed by atoms with van der Waals surface area (Å²) in [5.41, 5.74) is 1.29. The van der Waals surface area contributed by atoms with Gasteiger partial charge >= 0.3 is 17.9 Å². The molecule has 0 radical (unpaired) electrons. The molecule has 0 bridgehead atoms. The van der Waals surface area contributed by atoms with Crippen molar-refractivity contribution < 1.29 is 33.4 Å². The van der Waals surface area contributed by atoms with Crippen LogP contribution in [0.2, 0.25) is 0 Å². The Balaban J connectivity index is 3.15. The number of carbonyl (C=O) groups is 4. The predicted octanol–water partition coefficient (Wildman–Crippen LogP) is 1.85. The van der Waals surface area contributed by atoms with Crippen LogP contribution in [-0.2, 0) is 34.0 Å². The third-order valence-electron chi connectivity index (χ3n) is 4.72. The van der Waals surface area contributed by atoms with E-state index < -0.39 is 41.7 Å². The highest BCUT2D eigenvalue weighted by atomic mass is 16.5. The van der Waals surface area contributed by atoms with Gasteiger partial charge in [-0.15, -0.1) is 0 Å². The molecular weight excluding hydrogens is 378 g/mol. The van der Waals surface area contributed by atoms with Crippen molar-refractivity contribution in [2.24, 2.45) is 11.8 Å². The van der Waals surface area contributed by atoms with Gasteiger partial charge in [-0.05, 0) is 23.1 Å². The minimum absolute atomic E-state index is 0.0771. The molecule has 0 saturated heterocycles. The summed E-state index contributed by atoms with van der Waals surface area (Å²) in [6.45, 7) is 7.62. The second kappa shape index (κ2) is 10.0. The molecule has 0 unspecified atom stereocenters. The maximum Gasteiger partial charge on any atom is 0.328 e. The molecular formula is C21H29NO7. The Hall–Kier alpha value is -2.90. The first kappa shape index (κ1) is 24.1. The summed E-state index contributed by atoms with van der Waals surface area (Å²) in [6.07, 6.45) is 0. The second-order valence-electron chi connectivity index (χ2n) is 7.68. The number of rotatable bonds is 7. The molecule has 29 heavy (non-hydrogen) atoms. The van der Waals surface area contributed by atoms with E-state index in [2.05, 4.69) is 35.6 Å². The van der Waals surface area contributed by atoms with Crippen LogP contribution in [-0.4, -0.2) is 51.2 Å². The SMILES string of the molecule is COC(=O)C(C(=O)OC)[C@@H](C)[C@@H](NC(=O)c1ccc(C(C)(C)C)cc1)C(=O)OC. The zero-order valence-corrected chi connectivity index (χ0v) is 17.9. The van der Waals surface area contributed by atoms with Crippen LogP contribution in [0.3, 0.4) is 0 Å². The number of methoxy groups -OCH3 is 3. The molecule has 1 aromatic rings. The minimum Gasteiger partial charge on any atom is -0.468 e. The summed E-state index contributed by atoms with van der Waals surface area (Å²) in [5.74, 6) is -5.46. The lowest BCUT2D eigenvalue weighted by Gasteiger charge is -2.27. The Bertz CT molecular complexity index is 733. The maximum absolute atomic E-state index is 12.7. The molecule has 0 spiro atoms. The van der Waals surface area contributed by atoms with Crippen molar-refractivity contribution in [2.45, 2.75) is 39.2 Å². The van der Waals surface area contributed by atoms with Crippen LogP contribution in [0.1, 0.15) is 43.6 Å². The zero-order chi connectivity index (χ0) is 22.4. The van der Waals surface area contributed by atoms with Crippen LogP contribution in [0.15, 0.2) is 24.3 Å². The fourth-order valence-electron chi connectivity index (χ4n) is 2.85. The van der Waals surface area contributed by atoms with Gasteiger partial charge in [0.05, 0.1) is 21.3 Å². The quantitative estimate of drug-likeness (QED) is 0.417. The molecule has 8 nitrogen and oxygen atoms in total. The molecule has 160 valence electrons. The number of amides is 1. The summed E-state index contributed by atoms with van der Waals surface area (Å²) in [5, 5.41) is 2.55. The Kier molecular flexibility index (Phi) is 8.36. The van der Waals surface area contributed by atoms with Gasteiger partial charge in [-0.3, -0.25) is 14.4 Å². The lowest BCUT2D eigenvalue weighted by atomic mass is 9.86. The first-order chi connectivity index (χ1) is 13.5. The third kappa shape index (κ3) is 6.04. The van der Waals surface area contributed by atoms with E-state index in [1.165, 1.54) is 6.92 Å². The molecule has 0 saturated carbocycles. The normalized spacial score (nSPS) is 13.2.